The summed E-state index contributed by atoms with van der Waals surface area (Å²) >= 11 is 5.94. The second kappa shape index (κ2) is 5.18. The summed E-state index contributed by atoms with van der Waals surface area (Å²) in [5.74, 6) is -0.105. The van der Waals surface area contributed by atoms with Gasteiger partial charge in [-0.2, -0.15) is 10.2 Å². The number of carbonyl (C=O) groups is 1. The van der Waals surface area contributed by atoms with E-state index in [9.17, 15) is 4.79 Å². The third kappa shape index (κ3) is 2.51. The normalized spacial score (nSPS) is 11.3. The van der Waals surface area contributed by atoms with Crippen molar-refractivity contribution in [1.82, 2.24) is 19.6 Å². The molecule has 0 bridgehead atoms. The van der Waals surface area contributed by atoms with E-state index in [1.54, 1.807) is 41.1 Å². The summed E-state index contributed by atoms with van der Waals surface area (Å²) in [5.41, 5.74) is 1.26. The van der Waals surface area contributed by atoms with Crippen molar-refractivity contribution < 1.29 is 4.79 Å². The highest BCUT2D eigenvalue weighted by atomic mass is 35.5. The summed E-state index contributed by atoms with van der Waals surface area (Å²) < 4.78 is 3.32. The maximum Gasteiger partial charge on any atom is 0.189 e. The Balaban J connectivity index is 2.16. The van der Waals surface area contributed by atoms with E-state index in [4.69, 9.17) is 11.6 Å². The third-order valence-electron chi connectivity index (χ3n) is 2.57. The molecule has 94 valence electrons. The van der Waals surface area contributed by atoms with Crippen LogP contribution in [-0.2, 0) is 13.6 Å². The van der Waals surface area contributed by atoms with E-state index in [0.29, 0.717) is 16.3 Å². The van der Waals surface area contributed by atoms with Crippen LogP contribution >= 0.6 is 11.6 Å². The lowest BCUT2D eigenvalue weighted by Crippen LogP contribution is -1.96. The Morgan fingerprint density at radius 1 is 1.44 bits per heavy atom. The first-order valence-corrected chi connectivity index (χ1v) is 5.92. The van der Waals surface area contributed by atoms with Crippen LogP contribution in [-0.4, -0.2) is 25.3 Å². The molecule has 0 saturated heterocycles. The average Bonchev–Trinajstić information content (AvgIpc) is 2.95. The van der Waals surface area contributed by atoms with Gasteiger partial charge in [-0.3, -0.25) is 14.2 Å². The molecule has 0 saturated carbocycles. The van der Waals surface area contributed by atoms with Crippen LogP contribution in [0.25, 0.3) is 6.08 Å². The summed E-state index contributed by atoms with van der Waals surface area (Å²) in [6, 6.07) is 0. The van der Waals surface area contributed by atoms with Crippen LogP contribution in [0.1, 0.15) is 23.0 Å². The Hall–Kier alpha value is -1.88. The van der Waals surface area contributed by atoms with Crippen molar-refractivity contribution in [3.8, 4) is 0 Å². The van der Waals surface area contributed by atoms with Gasteiger partial charge in [0.1, 0.15) is 0 Å². The minimum atomic E-state index is -0.105. The second-order valence-electron chi connectivity index (χ2n) is 3.78. The molecule has 6 heteroatoms. The molecule has 0 spiro atoms. The van der Waals surface area contributed by atoms with E-state index in [2.05, 4.69) is 10.2 Å². The highest BCUT2D eigenvalue weighted by molar-refractivity contribution is 6.31. The largest absolute Gasteiger partial charge is 0.289 e. The first kappa shape index (κ1) is 12.6. The van der Waals surface area contributed by atoms with E-state index in [1.165, 1.54) is 6.08 Å². The molecule has 0 atom stereocenters. The number of allylic oxidation sites excluding steroid dienone is 1. The monoisotopic (exact) mass is 264 g/mol. The minimum Gasteiger partial charge on any atom is -0.289 e. The molecule has 0 aliphatic carbocycles. The lowest BCUT2D eigenvalue weighted by atomic mass is 10.2. The highest BCUT2D eigenvalue weighted by Gasteiger charge is 2.06. The molecule has 2 aromatic heterocycles. The fraction of sp³-hybridized carbons (Fsp3) is 0.250. The number of carbonyl (C=O) groups excluding carboxylic acids is 1. The Labute approximate surface area is 110 Å². The van der Waals surface area contributed by atoms with Gasteiger partial charge in [-0.25, -0.2) is 0 Å². The number of aromatic nitrogens is 4. The Bertz CT molecular complexity index is 577. The van der Waals surface area contributed by atoms with E-state index < -0.39 is 0 Å². The smallest absolute Gasteiger partial charge is 0.189 e. The zero-order chi connectivity index (χ0) is 13.1. The maximum absolute atomic E-state index is 11.9. The maximum atomic E-state index is 11.9. The second-order valence-corrected chi connectivity index (χ2v) is 4.19. The van der Waals surface area contributed by atoms with Crippen LogP contribution in [0.2, 0.25) is 5.02 Å². The van der Waals surface area contributed by atoms with Gasteiger partial charge in [-0.15, -0.1) is 0 Å². The van der Waals surface area contributed by atoms with Crippen molar-refractivity contribution >= 4 is 23.5 Å². The summed E-state index contributed by atoms with van der Waals surface area (Å²) in [6.45, 7) is 2.71. The minimum absolute atomic E-state index is 0.105. The van der Waals surface area contributed by atoms with Crippen LogP contribution in [0, 0.1) is 0 Å². The summed E-state index contributed by atoms with van der Waals surface area (Å²) in [6.07, 6.45) is 7.94. The molecular formula is C12H13ClN4O. The van der Waals surface area contributed by atoms with E-state index in [1.807, 2.05) is 6.92 Å². The van der Waals surface area contributed by atoms with Crippen molar-refractivity contribution in [2.75, 3.05) is 0 Å². The van der Waals surface area contributed by atoms with Gasteiger partial charge in [-0.1, -0.05) is 11.6 Å². The van der Waals surface area contributed by atoms with Crippen molar-refractivity contribution in [3.05, 3.63) is 40.9 Å². The topological polar surface area (TPSA) is 52.7 Å². The molecule has 0 aliphatic heterocycles. The number of hydrogen-bond donors (Lipinski definition) is 0. The summed E-state index contributed by atoms with van der Waals surface area (Å²) in [7, 11) is 1.77. The number of halogens is 1. The Kier molecular flexibility index (Phi) is 3.62. The first-order valence-electron chi connectivity index (χ1n) is 5.54. The number of rotatable bonds is 4. The van der Waals surface area contributed by atoms with Gasteiger partial charge in [-0.05, 0) is 19.1 Å². The highest BCUT2D eigenvalue weighted by Crippen LogP contribution is 2.15. The van der Waals surface area contributed by atoms with Crippen molar-refractivity contribution in [1.29, 1.82) is 0 Å². The fourth-order valence-electron chi connectivity index (χ4n) is 1.52. The van der Waals surface area contributed by atoms with Gasteiger partial charge in [0.25, 0.3) is 0 Å². The van der Waals surface area contributed by atoms with E-state index in [0.717, 1.165) is 6.54 Å². The molecule has 18 heavy (non-hydrogen) atoms. The van der Waals surface area contributed by atoms with Gasteiger partial charge in [0.05, 0.1) is 28.7 Å². The van der Waals surface area contributed by atoms with Gasteiger partial charge >= 0.3 is 0 Å². The lowest BCUT2D eigenvalue weighted by Gasteiger charge is -1.94. The molecule has 2 rings (SSSR count). The van der Waals surface area contributed by atoms with Crippen molar-refractivity contribution in [3.63, 3.8) is 0 Å². The summed E-state index contributed by atoms with van der Waals surface area (Å²) in [5, 5.41) is 8.56. The van der Waals surface area contributed by atoms with Crippen molar-refractivity contribution in [2.45, 2.75) is 13.5 Å². The molecule has 0 amide bonds. The molecule has 0 unspecified atom stereocenters. The molecule has 2 heterocycles. The molecular weight excluding hydrogens is 252 g/mol. The third-order valence-corrected chi connectivity index (χ3v) is 2.86. The molecule has 0 aliphatic rings. The average molecular weight is 265 g/mol. The lowest BCUT2D eigenvalue weighted by molar-refractivity contribution is 0.104. The summed E-state index contributed by atoms with van der Waals surface area (Å²) in [4.78, 5) is 11.9. The first-order chi connectivity index (χ1) is 8.61. The van der Waals surface area contributed by atoms with Gasteiger partial charge < -0.3 is 0 Å². The molecule has 0 radical (unpaired) electrons. The zero-order valence-corrected chi connectivity index (χ0v) is 10.9. The molecule has 0 aromatic carbocycles. The van der Waals surface area contributed by atoms with Crippen LogP contribution in [0.15, 0.2) is 24.7 Å². The van der Waals surface area contributed by atoms with Gasteiger partial charge in [0.15, 0.2) is 5.78 Å². The standard InChI is InChI=1S/C12H13ClN4O/c1-3-17-8-9(6-15-17)12(18)5-4-11-10(13)7-14-16(11)2/h4-8H,3H2,1-2H3/b5-4+. The molecule has 0 fully saturated rings. The molecule has 2 aromatic rings. The number of ketones is 1. The predicted molar refractivity (Wildman–Crippen MR) is 69.5 cm³/mol. The van der Waals surface area contributed by atoms with Crippen LogP contribution < -0.4 is 0 Å². The van der Waals surface area contributed by atoms with Crippen molar-refractivity contribution in [2.24, 2.45) is 7.05 Å². The van der Waals surface area contributed by atoms with E-state index >= 15 is 0 Å². The van der Waals surface area contributed by atoms with Crippen LogP contribution in [0.3, 0.4) is 0 Å². The van der Waals surface area contributed by atoms with Crippen LogP contribution in [0.5, 0.6) is 0 Å². The predicted octanol–water partition coefficient (Wildman–Crippen LogP) is 2.19. The zero-order valence-electron chi connectivity index (χ0n) is 10.2. The number of hydrogen-bond acceptors (Lipinski definition) is 3. The number of aryl methyl sites for hydroxylation is 2. The van der Waals surface area contributed by atoms with E-state index in [-0.39, 0.29) is 5.78 Å². The van der Waals surface area contributed by atoms with Crippen LogP contribution in [0.4, 0.5) is 0 Å². The quantitative estimate of drug-likeness (QED) is 0.628. The molecule has 5 nitrogen and oxygen atoms in total. The number of nitrogens with zero attached hydrogens (tertiary/aromatic N) is 4. The fourth-order valence-corrected chi connectivity index (χ4v) is 1.75. The van der Waals surface area contributed by atoms with Gasteiger partial charge in [0, 0.05) is 19.8 Å². The Morgan fingerprint density at radius 2 is 2.22 bits per heavy atom. The van der Waals surface area contributed by atoms with Gasteiger partial charge in [0.2, 0.25) is 0 Å². The molecule has 0 N–H and O–H groups in total. The Morgan fingerprint density at radius 3 is 2.78 bits per heavy atom. The SMILES string of the molecule is CCn1cc(C(=O)/C=C/c2c(Cl)cnn2C)cn1.